The van der Waals surface area contributed by atoms with Crippen molar-refractivity contribution in [2.45, 2.75) is 38.7 Å². The normalized spacial score (nSPS) is 17.7. The maximum atomic E-state index is 10.1. The molecule has 100 valence electrons. The van der Waals surface area contributed by atoms with Crippen molar-refractivity contribution in [1.82, 2.24) is 0 Å². The molecule has 1 aromatic carbocycles. The molecule has 0 amide bonds. The third kappa shape index (κ3) is 3.16. The first-order valence-electron chi connectivity index (χ1n) is 6.66. The van der Waals surface area contributed by atoms with Gasteiger partial charge < -0.3 is 14.6 Å². The molecule has 0 heterocycles. The van der Waals surface area contributed by atoms with Gasteiger partial charge in [-0.1, -0.05) is 18.9 Å². The molecule has 3 heteroatoms. The molecule has 1 saturated carbocycles. The fraction of sp³-hybridized carbons (Fsp3) is 0.600. The third-order valence-electron chi connectivity index (χ3n) is 3.67. The highest BCUT2D eigenvalue weighted by Crippen LogP contribution is 2.30. The molecular weight excluding hydrogens is 228 g/mol. The molecule has 0 aromatic heterocycles. The van der Waals surface area contributed by atoms with Gasteiger partial charge in [0.05, 0.1) is 13.2 Å². The van der Waals surface area contributed by atoms with Crippen molar-refractivity contribution >= 4 is 0 Å². The molecule has 1 N–H and O–H groups in total. The highest BCUT2D eigenvalue weighted by Gasteiger charge is 2.23. The van der Waals surface area contributed by atoms with Crippen molar-refractivity contribution in [2.24, 2.45) is 5.92 Å². The van der Waals surface area contributed by atoms with Crippen molar-refractivity contribution in [3.05, 3.63) is 23.8 Å². The summed E-state index contributed by atoms with van der Waals surface area (Å²) >= 11 is 0. The Morgan fingerprint density at radius 1 is 1.28 bits per heavy atom. The Kier molecular flexibility index (Phi) is 4.48. The number of ether oxygens (including phenoxy) is 2. The number of aliphatic hydroxyl groups excluding tert-OH is 1. The summed E-state index contributed by atoms with van der Waals surface area (Å²) in [6.45, 7) is 2.36. The lowest BCUT2D eigenvalue weighted by atomic mass is 10.0. The number of aryl methyl sites for hydroxylation is 1. The molecule has 1 unspecified atom stereocenters. The third-order valence-corrected chi connectivity index (χ3v) is 3.67. The Balaban J connectivity index is 1.92. The van der Waals surface area contributed by atoms with Crippen molar-refractivity contribution in [1.29, 1.82) is 0 Å². The maximum Gasteiger partial charge on any atom is 0.161 e. The van der Waals surface area contributed by atoms with Gasteiger partial charge in [-0.3, -0.25) is 0 Å². The molecule has 1 aromatic rings. The van der Waals surface area contributed by atoms with Crippen molar-refractivity contribution in [3.63, 3.8) is 0 Å². The van der Waals surface area contributed by atoms with E-state index in [1.807, 2.05) is 25.1 Å². The molecule has 0 spiro atoms. The zero-order chi connectivity index (χ0) is 13.0. The average molecular weight is 250 g/mol. The van der Waals surface area contributed by atoms with Crippen LogP contribution >= 0.6 is 0 Å². The standard InChI is InChI=1S/C15H22O3/c1-11-7-8-14(15(9-11)17-2)18-10-13(16)12-5-3-4-6-12/h7-9,12-13,16H,3-6,10H2,1-2H3. The van der Waals surface area contributed by atoms with Crippen molar-refractivity contribution in [2.75, 3.05) is 13.7 Å². The highest BCUT2D eigenvalue weighted by atomic mass is 16.5. The van der Waals surface area contributed by atoms with E-state index in [4.69, 9.17) is 9.47 Å². The predicted molar refractivity (Wildman–Crippen MR) is 71.2 cm³/mol. The summed E-state index contributed by atoms with van der Waals surface area (Å²) in [4.78, 5) is 0. The van der Waals surface area contributed by atoms with Gasteiger partial charge in [0.1, 0.15) is 6.61 Å². The lowest BCUT2D eigenvalue weighted by molar-refractivity contribution is 0.0583. The zero-order valence-electron chi connectivity index (χ0n) is 11.2. The SMILES string of the molecule is COc1cc(C)ccc1OCC(O)C1CCCC1. The summed E-state index contributed by atoms with van der Waals surface area (Å²) in [5.74, 6) is 1.84. The van der Waals surface area contributed by atoms with Crippen LogP contribution < -0.4 is 9.47 Å². The molecule has 0 radical (unpaired) electrons. The monoisotopic (exact) mass is 250 g/mol. The molecule has 0 bridgehead atoms. The van der Waals surface area contributed by atoms with Crippen LogP contribution in [0.15, 0.2) is 18.2 Å². The smallest absolute Gasteiger partial charge is 0.161 e. The van der Waals surface area contributed by atoms with Gasteiger partial charge in [0.25, 0.3) is 0 Å². The zero-order valence-corrected chi connectivity index (χ0v) is 11.2. The number of aliphatic hydroxyl groups is 1. The molecule has 3 nitrogen and oxygen atoms in total. The highest BCUT2D eigenvalue weighted by molar-refractivity contribution is 5.42. The number of benzene rings is 1. The van der Waals surface area contributed by atoms with Crippen LogP contribution in [0.2, 0.25) is 0 Å². The number of rotatable bonds is 5. The van der Waals surface area contributed by atoms with Gasteiger partial charge in [0.15, 0.2) is 11.5 Å². The molecule has 2 rings (SSSR count). The number of methoxy groups -OCH3 is 1. The molecule has 1 atom stereocenters. The van der Waals surface area contributed by atoms with Crippen LogP contribution in [0.3, 0.4) is 0 Å². The summed E-state index contributed by atoms with van der Waals surface area (Å²) < 4.78 is 11.0. The van der Waals surface area contributed by atoms with Crippen LogP contribution in [-0.2, 0) is 0 Å². The van der Waals surface area contributed by atoms with E-state index in [2.05, 4.69) is 0 Å². The average Bonchev–Trinajstić information content (AvgIpc) is 2.90. The van der Waals surface area contributed by atoms with Crippen molar-refractivity contribution in [3.8, 4) is 11.5 Å². The van der Waals surface area contributed by atoms with Gasteiger partial charge in [0, 0.05) is 0 Å². The molecule has 0 aliphatic heterocycles. The summed E-state index contributed by atoms with van der Waals surface area (Å²) in [6, 6.07) is 5.83. The van der Waals surface area contributed by atoms with E-state index in [0.717, 1.165) is 24.2 Å². The van der Waals surface area contributed by atoms with Crippen LogP contribution in [0.25, 0.3) is 0 Å². The molecule has 1 aliphatic rings. The summed E-state index contributed by atoms with van der Waals surface area (Å²) in [7, 11) is 1.63. The summed E-state index contributed by atoms with van der Waals surface area (Å²) in [5, 5.41) is 10.1. The van der Waals surface area contributed by atoms with Gasteiger partial charge in [0.2, 0.25) is 0 Å². The van der Waals surface area contributed by atoms with E-state index in [9.17, 15) is 5.11 Å². The molecule has 0 saturated heterocycles. The van der Waals surface area contributed by atoms with Gasteiger partial charge in [-0.05, 0) is 43.4 Å². The topological polar surface area (TPSA) is 38.7 Å². The van der Waals surface area contributed by atoms with Crippen LogP contribution in [0, 0.1) is 12.8 Å². The van der Waals surface area contributed by atoms with Crippen LogP contribution in [0.1, 0.15) is 31.2 Å². The van der Waals surface area contributed by atoms with Crippen molar-refractivity contribution < 1.29 is 14.6 Å². The maximum absolute atomic E-state index is 10.1. The minimum Gasteiger partial charge on any atom is -0.493 e. The predicted octanol–water partition coefficient (Wildman–Crippen LogP) is 2.93. The fourth-order valence-corrected chi connectivity index (χ4v) is 2.55. The fourth-order valence-electron chi connectivity index (χ4n) is 2.55. The Labute approximate surface area is 109 Å². The largest absolute Gasteiger partial charge is 0.493 e. The molecule has 1 fully saturated rings. The van der Waals surface area contributed by atoms with Crippen LogP contribution in [0.4, 0.5) is 0 Å². The van der Waals surface area contributed by atoms with Gasteiger partial charge >= 0.3 is 0 Å². The van der Waals surface area contributed by atoms with E-state index < -0.39 is 0 Å². The van der Waals surface area contributed by atoms with E-state index in [1.54, 1.807) is 7.11 Å². The van der Waals surface area contributed by atoms with Gasteiger partial charge in [-0.15, -0.1) is 0 Å². The number of hydrogen-bond donors (Lipinski definition) is 1. The quantitative estimate of drug-likeness (QED) is 0.873. The Hall–Kier alpha value is -1.22. The Morgan fingerprint density at radius 3 is 2.67 bits per heavy atom. The molecule has 18 heavy (non-hydrogen) atoms. The van der Waals surface area contributed by atoms with Gasteiger partial charge in [-0.2, -0.15) is 0 Å². The Morgan fingerprint density at radius 2 is 2.00 bits per heavy atom. The lowest BCUT2D eigenvalue weighted by Crippen LogP contribution is -2.25. The lowest BCUT2D eigenvalue weighted by Gasteiger charge is -2.19. The van der Waals surface area contributed by atoms with Gasteiger partial charge in [-0.25, -0.2) is 0 Å². The first kappa shape index (κ1) is 13.2. The minimum absolute atomic E-state index is 0.351. The Bertz CT molecular complexity index is 383. The van der Waals surface area contributed by atoms with E-state index in [0.29, 0.717) is 18.3 Å². The summed E-state index contributed by atoms with van der Waals surface area (Å²) in [6.07, 6.45) is 4.34. The first-order chi connectivity index (χ1) is 8.70. The second-order valence-electron chi connectivity index (χ2n) is 5.08. The van der Waals surface area contributed by atoms with Crippen LogP contribution in [-0.4, -0.2) is 24.9 Å². The van der Waals surface area contributed by atoms with E-state index in [-0.39, 0.29) is 6.10 Å². The van der Waals surface area contributed by atoms with E-state index >= 15 is 0 Å². The molecule has 1 aliphatic carbocycles. The minimum atomic E-state index is -0.362. The van der Waals surface area contributed by atoms with E-state index in [1.165, 1.54) is 12.8 Å². The summed E-state index contributed by atoms with van der Waals surface area (Å²) in [5.41, 5.74) is 1.13. The second-order valence-corrected chi connectivity index (χ2v) is 5.08. The first-order valence-corrected chi connectivity index (χ1v) is 6.66. The number of hydrogen-bond acceptors (Lipinski definition) is 3. The van der Waals surface area contributed by atoms with Crippen LogP contribution in [0.5, 0.6) is 11.5 Å². The second kappa shape index (κ2) is 6.10. The molecular formula is C15H22O3.